The molecule has 0 unspecified atom stereocenters. The summed E-state index contributed by atoms with van der Waals surface area (Å²) < 4.78 is 37.9. The zero-order valence-corrected chi connectivity index (χ0v) is 26.0. The zero-order valence-electron chi connectivity index (χ0n) is 26.0. The molecular weight excluding hydrogens is 604 g/mol. The number of carbonyl (C=O) groups is 1. The Labute approximate surface area is 261 Å². The summed E-state index contributed by atoms with van der Waals surface area (Å²) in [5.41, 5.74) is 1.25. The Morgan fingerprint density at radius 3 is 2.20 bits per heavy atom. The van der Waals surface area contributed by atoms with Crippen molar-refractivity contribution in [3.63, 3.8) is 0 Å². The maximum atomic E-state index is 14.8. The van der Waals surface area contributed by atoms with Crippen molar-refractivity contribution in [2.24, 2.45) is 0 Å². The van der Waals surface area contributed by atoms with Crippen LogP contribution in [0.4, 0.5) is 19.3 Å². The Hall–Kier alpha value is -5.48. The molecule has 46 heavy (non-hydrogen) atoms. The Kier molecular flexibility index (Phi) is 10.6. The van der Waals surface area contributed by atoms with E-state index in [0.29, 0.717) is 17.1 Å². The normalized spacial score (nSPS) is 10.9. The molecule has 0 atom stereocenters. The number of ether oxygens (including phenoxy) is 1. The Bertz CT molecular complexity index is 1930. The van der Waals surface area contributed by atoms with Crippen molar-refractivity contribution in [1.29, 1.82) is 0 Å². The summed E-state index contributed by atoms with van der Waals surface area (Å²) in [4.78, 5) is 46.3. The first kappa shape index (κ1) is 33.4. The zero-order chi connectivity index (χ0) is 33.5. The van der Waals surface area contributed by atoms with Gasteiger partial charge in [-0.1, -0.05) is 19.9 Å². The number of aromatic nitrogens is 6. The minimum Gasteiger partial charge on any atom is -0.480 e. The number of anilines is 1. The predicted molar refractivity (Wildman–Crippen MR) is 166 cm³/mol. The minimum absolute atomic E-state index is 0.0225. The second kappa shape index (κ2) is 14.5. The van der Waals surface area contributed by atoms with Crippen LogP contribution in [-0.2, 0) is 17.9 Å². The molecule has 0 saturated carbocycles. The summed E-state index contributed by atoms with van der Waals surface area (Å²) >= 11 is 0. The highest BCUT2D eigenvalue weighted by Crippen LogP contribution is 2.23. The molecule has 0 aliphatic rings. The van der Waals surface area contributed by atoms with Crippen LogP contribution in [-0.4, -0.2) is 68.4 Å². The average molecular weight is 638 g/mol. The molecule has 0 spiro atoms. The van der Waals surface area contributed by atoms with Crippen LogP contribution in [0, 0.1) is 11.6 Å². The molecule has 2 aromatic carbocycles. The van der Waals surface area contributed by atoms with Gasteiger partial charge in [0.1, 0.15) is 17.0 Å². The Morgan fingerprint density at radius 1 is 0.957 bits per heavy atom. The third-order valence-corrected chi connectivity index (χ3v) is 6.53. The Morgan fingerprint density at radius 2 is 1.63 bits per heavy atom. The third kappa shape index (κ3) is 6.77. The lowest BCUT2D eigenvalue weighted by Crippen LogP contribution is -2.40. The number of hydroxylamine groups is 1. The van der Waals surface area contributed by atoms with E-state index in [0.717, 1.165) is 21.3 Å². The Balaban J connectivity index is 0.00000235. The second-order valence-electron chi connectivity index (χ2n) is 9.75. The number of fused-ring (bicyclic) bond motifs is 1. The van der Waals surface area contributed by atoms with E-state index < -0.39 is 41.0 Å². The SMILES string of the molecule is CC.CONC(=O)Nc1ccc(-n2nc3c(c2CN(C)C)c(=O)n(-c2ccc(OC)nn2)c(=O)n3Cc2c(F)cccc2F)cc1. The lowest BCUT2D eigenvalue weighted by molar-refractivity contribution is 0.114. The molecule has 0 bridgehead atoms. The number of amides is 2. The predicted octanol–water partition coefficient (Wildman–Crippen LogP) is 3.23. The summed E-state index contributed by atoms with van der Waals surface area (Å²) in [6, 6.07) is 12.0. The van der Waals surface area contributed by atoms with Crippen molar-refractivity contribution in [2.45, 2.75) is 26.9 Å². The maximum Gasteiger partial charge on any atom is 0.343 e. The standard InChI is InChI=1S/C28H27F2N9O5.C2H6/c1-36(2)15-21-24-25(34-39(21)17-10-8-16(9-11-17)31-27(41)35-44-4)37(14-18-19(29)6-5-7-20(18)30)28(42)38(26(24)40)22-12-13-23(43-3)33-32-22;1-2/h5-13H,14-15H2,1-4H3,(H2,31,35,41);1-2H3. The second-order valence-corrected chi connectivity index (χ2v) is 9.75. The van der Waals surface area contributed by atoms with Crippen molar-refractivity contribution in [2.75, 3.05) is 33.6 Å². The summed E-state index contributed by atoms with van der Waals surface area (Å²) in [5.74, 6) is -1.73. The molecule has 2 amide bonds. The smallest absolute Gasteiger partial charge is 0.343 e. The topological polar surface area (TPSA) is 150 Å². The quantitative estimate of drug-likeness (QED) is 0.232. The van der Waals surface area contributed by atoms with Crippen LogP contribution in [0.2, 0.25) is 0 Å². The van der Waals surface area contributed by atoms with Crippen molar-refractivity contribution < 1.29 is 23.1 Å². The largest absolute Gasteiger partial charge is 0.480 e. The van der Waals surface area contributed by atoms with Crippen molar-refractivity contribution >= 4 is 22.8 Å². The summed E-state index contributed by atoms with van der Waals surface area (Å²) in [5, 5.41) is 15.1. The van der Waals surface area contributed by atoms with Gasteiger partial charge in [-0.05, 0) is 56.6 Å². The number of carbonyl (C=O) groups excluding carboxylic acids is 1. The van der Waals surface area contributed by atoms with Gasteiger partial charge in [0.15, 0.2) is 11.5 Å². The molecule has 242 valence electrons. The molecule has 5 aromatic rings. The van der Waals surface area contributed by atoms with E-state index in [1.807, 2.05) is 13.8 Å². The van der Waals surface area contributed by atoms with Gasteiger partial charge >= 0.3 is 11.7 Å². The molecule has 0 aliphatic heterocycles. The highest BCUT2D eigenvalue weighted by atomic mass is 19.1. The fraction of sp³-hybridized carbons (Fsp3) is 0.267. The highest BCUT2D eigenvalue weighted by Gasteiger charge is 2.26. The number of methoxy groups -OCH3 is 1. The lowest BCUT2D eigenvalue weighted by atomic mass is 10.2. The molecule has 2 N–H and O–H groups in total. The average Bonchev–Trinajstić information content (AvgIpc) is 3.40. The summed E-state index contributed by atoms with van der Waals surface area (Å²) in [7, 11) is 6.25. The molecule has 5 rings (SSSR count). The fourth-order valence-electron chi connectivity index (χ4n) is 4.58. The number of nitrogens with one attached hydrogen (secondary N) is 2. The van der Waals surface area contributed by atoms with Crippen LogP contribution >= 0.6 is 0 Å². The molecule has 0 saturated heterocycles. The molecule has 0 radical (unpaired) electrons. The van der Waals surface area contributed by atoms with E-state index in [4.69, 9.17) is 4.74 Å². The van der Waals surface area contributed by atoms with E-state index in [1.54, 1.807) is 43.3 Å². The van der Waals surface area contributed by atoms with Crippen molar-refractivity contribution in [3.05, 3.63) is 98.3 Å². The van der Waals surface area contributed by atoms with Gasteiger partial charge in [0, 0.05) is 23.9 Å². The van der Waals surface area contributed by atoms with Crippen LogP contribution < -0.4 is 26.8 Å². The highest BCUT2D eigenvalue weighted by molar-refractivity contribution is 5.88. The molecule has 3 heterocycles. The number of rotatable bonds is 9. The first-order chi connectivity index (χ1) is 22.1. The van der Waals surface area contributed by atoms with Crippen LogP contribution in [0.15, 0.2) is 64.2 Å². The van der Waals surface area contributed by atoms with E-state index in [9.17, 15) is 23.2 Å². The number of hydrogen-bond acceptors (Lipinski definition) is 9. The monoisotopic (exact) mass is 637 g/mol. The molecule has 16 heteroatoms. The number of halogens is 2. The van der Waals surface area contributed by atoms with Crippen molar-refractivity contribution in [3.8, 4) is 17.4 Å². The van der Waals surface area contributed by atoms with Crippen LogP contribution in [0.3, 0.4) is 0 Å². The van der Waals surface area contributed by atoms with E-state index in [1.165, 1.54) is 37.1 Å². The number of benzene rings is 2. The first-order valence-corrected chi connectivity index (χ1v) is 14.1. The molecular formula is C30H33F2N9O5. The number of urea groups is 1. The molecule has 14 nitrogen and oxygen atoms in total. The minimum atomic E-state index is -0.936. The van der Waals surface area contributed by atoms with Gasteiger partial charge in [-0.2, -0.15) is 0 Å². The van der Waals surface area contributed by atoms with Crippen molar-refractivity contribution in [1.82, 2.24) is 39.5 Å². The van der Waals surface area contributed by atoms with Crippen LogP contribution in [0.25, 0.3) is 22.5 Å². The fourth-order valence-corrected chi connectivity index (χ4v) is 4.58. The molecule has 0 fully saturated rings. The van der Waals surface area contributed by atoms with Crippen LogP contribution in [0.1, 0.15) is 25.1 Å². The maximum absolute atomic E-state index is 14.8. The number of nitrogens with zero attached hydrogens (tertiary/aromatic N) is 7. The van der Waals surface area contributed by atoms with Gasteiger partial charge < -0.3 is 15.0 Å². The van der Waals surface area contributed by atoms with E-state index in [-0.39, 0.29) is 29.3 Å². The van der Waals surface area contributed by atoms with Crippen LogP contribution in [0.5, 0.6) is 5.88 Å². The van der Waals surface area contributed by atoms with Gasteiger partial charge in [-0.15, -0.1) is 15.3 Å². The van der Waals surface area contributed by atoms with Gasteiger partial charge in [0.25, 0.3) is 5.56 Å². The first-order valence-electron chi connectivity index (χ1n) is 14.1. The number of hydrogen-bond donors (Lipinski definition) is 2. The third-order valence-electron chi connectivity index (χ3n) is 6.53. The van der Waals surface area contributed by atoms with Gasteiger partial charge in [-0.25, -0.2) is 33.1 Å². The van der Waals surface area contributed by atoms with Gasteiger partial charge in [0.2, 0.25) is 5.88 Å². The summed E-state index contributed by atoms with van der Waals surface area (Å²) in [6.45, 7) is 3.61. The molecule has 3 aromatic heterocycles. The van der Waals surface area contributed by atoms with E-state index >= 15 is 0 Å². The summed E-state index contributed by atoms with van der Waals surface area (Å²) in [6.07, 6.45) is 0. The lowest BCUT2D eigenvalue weighted by Gasteiger charge is -2.14. The molecule has 0 aliphatic carbocycles. The van der Waals surface area contributed by atoms with Gasteiger partial charge in [-0.3, -0.25) is 14.2 Å². The van der Waals surface area contributed by atoms with E-state index in [2.05, 4.69) is 30.9 Å². The van der Waals surface area contributed by atoms with Gasteiger partial charge in [0.05, 0.1) is 32.1 Å².